The topological polar surface area (TPSA) is 80.9 Å². The molecule has 0 aliphatic carbocycles. The fourth-order valence-corrected chi connectivity index (χ4v) is 4.25. The molecule has 0 fully saturated rings. The van der Waals surface area contributed by atoms with Crippen LogP contribution in [-0.2, 0) is 6.42 Å². The Morgan fingerprint density at radius 2 is 1.91 bits per heavy atom. The lowest BCUT2D eigenvalue weighted by atomic mass is 9.85. The Balaban J connectivity index is 1.56. The van der Waals surface area contributed by atoms with Crippen LogP contribution in [-0.4, -0.2) is 30.1 Å². The monoisotopic (exact) mass is 444 g/mol. The maximum Gasteiger partial charge on any atom is 0.259 e. The number of rotatable bonds is 6. The van der Waals surface area contributed by atoms with E-state index < -0.39 is 0 Å². The van der Waals surface area contributed by atoms with Gasteiger partial charge in [0.05, 0.1) is 30.3 Å². The number of ketones is 1. The smallest absolute Gasteiger partial charge is 0.259 e. The van der Waals surface area contributed by atoms with E-state index >= 15 is 0 Å². The number of amides is 1. The van der Waals surface area contributed by atoms with E-state index in [0.29, 0.717) is 28.3 Å². The van der Waals surface area contributed by atoms with Gasteiger partial charge in [-0.2, -0.15) is 0 Å². The fraction of sp³-hybridized carbons (Fsp3) is 0.296. The molecule has 1 N–H and O–H groups in total. The third-order valence-electron chi connectivity index (χ3n) is 5.74. The lowest BCUT2D eigenvalue weighted by molar-refractivity contribution is 0.0996. The zero-order valence-electron chi connectivity index (χ0n) is 19.6. The Morgan fingerprint density at radius 3 is 2.61 bits per heavy atom. The van der Waals surface area contributed by atoms with Crippen molar-refractivity contribution < 1.29 is 18.7 Å². The van der Waals surface area contributed by atoms with Crippen molar-refractivity contribution in [3.63, 3.8) is 0 Å². The van der Waals surface area contributed by atoms with Crippen LogP contribution in [0, 0.1) is 13.8 Å². The first-order valence-electron chi connectivity index (χ1n) is 10.9. The summed E-state index contributed by atoms with van der Waals surface area (Å²) in [6, 6.07) is 14.6. The van der Waals surface area contributed by atoms with Crippen molar-refractivity contribution in [2.75, 3.05) is 12.4 Å². The van der Waals surface area contributed by atoms with Crippen LogP contribution >= 0.6 is 0 Å². The molecule has 3 aromatic rings. The van der Waals surface area contributed by atoms with E-state index in [0.717, 1.165) is 29.0 Å². The van der Waals surface area contributed by atoms with Crippen LogP contribution < -0.4 is 10.1 Å². The van der Waals surface area contributed by atoms with E-state index in [2.05, 4.69) is 19.2 Å². The number of carbonyl (C=O) groups is 2. The first kappa shape index (κ1) is 22.5. The largest absolute Gasteiger partial charge is 0.497 e. The number of hydrogen-bond donors (Lipinski definition) is 1. The summed E-state index contributed by atoms with van der Waals surface area (Å²) in [5.41, 5.74) is 4.13. The first-order chi connectivity index (χ1) is 15.6. The maximum absolute atomic E-state index is 13.2. The predicted molar refractivity (Wildman–Crippen MR) is 129 cm³/mol. The SMILES string of the molecule is COc1ccc2c(c1)C(CC(=O)c1cccc(NC(=O)c3cc(C)oc3C)c1)=NC(C)(C)C2. The Labute approximate surface area is 193 Å². The average Bonchev–Trinajstić information content (AvgIpc) is 3.11. The second kappa shape index (κ2) is 8.70. The van der Waals surface area contributed by atoms with Gasteiger partial charge in [-0.05, 0) is 70.0 Å². The van der Waals surface area contributed by atoms with Gasteiger partial charge in [0, 0.05) is 16.8 Å². The number of methoxy groups -OCH3 is 1. The minimum absolute atomic E-state index is 0.0633. The molecule has 2 heterocycles. The zero-order chi connectivity index (χ0) is 23.8. The summed E-state index contributed by atoms with van der Waals surface area (Å²) in [6.07, 6.45) is 0.972. The van der Waals surface area contributed by atoms with E-state index in [1.54, 1.807) is 51.3 Å². The molecule has 0 saturated heterocycles. The molecule has 0 atom stereocenters. The quantitative estimate of drug-likeness (QED) is 0.505. The second-order valence-electron chi connectivity index (χ2n) is 9.03. The van der Waals surface area contributed by atoms with E-state index in [-0.39, 0.29) is 23.7 Å². The van der Waals surface area contributed by atoms with Gasteiger partial charge in [-0.1, -0.05) is 18.2 Å². The molecule has 1 aliphatic heterocycles. The number of anilines is 1. The third kappa shape index (κ3) is 4.90. The van der Waals surface area contributed by atoms with Crippen molar-refractivity contribution in [1.82, 2.24) is 0 Å². The summed E-state index contributed by atoms with van der Waals surface area (Å²) < 4.78 is 10.8. The van der Waals surface area contributed by atoms with Gasteiger partial charge < -0.3 is 14.5 Å². The van der Waals surface area contributed by atoms with Crippen molar-refractivity contribution in [1.29, 1.82) is 0 Å². The Kier molecular flexibility index (Phi) is 5.93. The molecule has 2 aromatic carbocycles. The Morgan fingerprint density at radius 1 is 1.12 bits per heavy atom. The standard InChI is InChI=1S/C27H28N2O4/c1-16-11-22(17(2)33-16)26(31)28-20-8-6-7-18(12-20)25(30)14-24-23-13-21(32-5)10-9-19(23)15-27(3,4)29-24/h6-13H,14-15H2,1-5H3,(H,28,31). The minimum atomic E-state index is -0.284. The lowest BCUT2D eigenvalue weighted by Gasteiger charge is -2.29. The highest BCUT2D eigenvalue weighted by atomic mass is 16.5. The fourth-order valence-electron chi connectivity index (χ4n) is 4.25. The molecule has 1 amide bonds. The average molecular weight is 445 g/mol. The minimum Gasteiger partial charge on any atom is -0.497 e. The molecule has 170 valence electrons. The number of fused-ring (bicyclic) bond motifs is 1. The number of benzene rings is 2. The third-order valence-corrected chi connectivity index (χ3v) is 5.74. The number of carbonyl (C=O) groups excluding carboxylic acids is 2. The summed E-state index contributed by atoms with van der Waals surface area (Å²) in [5.74, 6) is 1.64. The number of aliphatic imine (C=N–C) groups is 1. The number of aryl methyl sites for hydroxylation is 2. The molecule has 1 aliphatic rings. The molecular formula is C27H28N2O4. The van der Waals surface area contributed by atoms with Gasteiger partial charge in [-0.25, -0.2) is 0 Å². The van der Waals surface area contributed by atoms with Crippen LogP contribution in [0.15, 0.2) is 57.9 Å². The van der Waals surface area contributed by atoms with E-state index in [9.17, 15) is 9.59 Å². The molecular weight excluding hydrogens is 416 g/mol. The Hall–Kier alpha value is -3.67. The van der Waals surface area contributed by atoms with Gasteiger partial charge >= 0.3 is 0 Å². The van der Waals surface area contributed by atoms with Crippen LogP contribution in [0.1, 0.15) is 63.6 Å². The molecule has 33 heavy (non-hydrogen) atoms. The van der Waals surface area contributed by atoms with Crippen LogP contribution in [0.25, 0.3) is 0 Å². The summed E-state index contributed by atoms with van der Waals surface area (Å²) in [6.45, 7) is 7.69. The first-order valence-corrected chi connectivity index (χ1v) is 10.9. The van der Waals surface area contributed by atoms with Crippen molar-refractivity contribution in [3.05, 3.63) is 82.3 Å². The number of hydrogen-bond acceptors (Lipinski definition) is 5. The summed E-state index contributed by atoms with van der Waals surface area (Å²) in [5, 5.41) is 2.86. The van der Waals surface area contributed by atoms with Gasteiger partial charge in [0.25, 0.3) is 5.91 Å². The van der Waals surface area contributed by atoms with Gasteiger partial charge in [0.1, 0.15) is 17.3 Å². The highest BCUT2D eigenvalue weighted by molar-refractivity contribution is 6.17. The van der Waals surface area contributed by atoms with E-state index in [4.69, 9.17) is 14.1 Å². The van der Waals surface area contributed by atoms with Crippen molar-refractivity contribution in [2.45, 2.75) is 46.1 Å². The normalized spacial score (nSPS) is 14.3. The van der Waals surface area contributed by atoms with Crippen molar-refractivity contribution in [2.24, 2.45) is 4.99 Å². The molecule has 0 saturated carbocycles. The summed E-state index contributed by atoms with van der Waals surface area (Å²) in [7, 11) is 1.63. The van der Waals surface area contributed by atoms with E-state index in [1.165, 1.54) is 0 Å². The van der Waals surface area contributed by atoms with Gasteiger partial charge in [-0.15, -0.1) is 0 Å². The van der Waals surface area contributed by atoms with Crippen LogP contribution in [0.4, 0.5) is 5.69 Å². The van der Waals surface area contributed by atoms with Crippen LogP contribution in [0.3, 0.4) is 0 Å². The van der Waals surface area contributed by atoms with Gasteiger partial charge in [0.2, 0.25) is 0 Å². The molecule has 6 heteroatoms. The van der Waals surface area contributed by atoms with E-state index in [1.807, 2.05) is 18.2 Å². The van der Waals surface area contributed by atoms with Crippen molar-refractivity contribution in [3.8, 4) is 5.75 Å². The molecule has 0 spiro atoms. The molecule has 0 bridgehead atoms. The van der Waals surface area contributed by atoms with Crippen LogP contribution in [0.2, 0.25) is 0 Å². The zero-order valence-corrected chi connectivity index (χ0v) is 19.6. The highest BCUT2D eigenvalue weighted by Crippen LogP contribution is 2.31. The number of nitrogens with zero attached hydrogens (tertiary/aromatic N) is 1. The molecule has 0 unspecified atom stereocenters. The summed E-state index contributed by atoms with van der Waals surface area (Å²) >= 11 is 0. The summed E-state index contributed by atoms with van der Waals surface area (Å²) in [4.78, 5) is 30.7. The molecule has 6 nitrogen and oxygen atoms in total. The second-order valence-corrected chi connectivity index (χ2v) is 9.03. The number of nitrogens with one attached hydrogen (secondary N) is 1. The van der Waals surface area contributed by atoms with Gasteiger partial charge in [-0.3, -0.25) is 14.6 Å². The van der Waals surface area contributed by atoms with Crippen molar-refractivity contribution >= 4 is 23.1 Å². The number of furan rings is 1. The molecule has 4 rings (SSSR count). The maximum atomic E-state index is 13.2. The Bertz CT molecular complexity index is 1270. The number of ether oxygens (including phenoxy) is 1. The van der Waals surface area contributed by atoms with Gasteiger partial charge in [0.15, 0.2) is 5.78 Å². The lowest BCUT2D eigenvalue weighted by Crippen LogP contribution is -2.30. The molecule has 1 aromatic heterocycles. The number of Topliss-reactive ketones (excluding diaryl/α,β-unsaturated/α-hetero) is 1. The highest BCUT2D eigenvalue weighted by Gasteiger charge is 2.28. The molecule has 0 radical (unpaired) electrons. The van der Waals surface area contributed by atoms with Crippen LogP contribution in [0.5, 0.6) is 5.75 Å². The predicted octanol–water partition coefficient (Wildman–Crippen LogP) is 5.55.